The summed E-state index contributed by atoms with van der Waals surface area (Å²) in [6.07, 6.45) is 0. The first kappa shape index (κ1) is 17.5. The lowest BCUT2D eigenvalue weighted by Gasteiger charge is -2.40. The van der Waals surface area contributed by atoms with E-state index in [4.69, 9.17) is 9.47 Å². The van der Waals surface area contributed by atoms with E-state index in [0.29, 0.717) is 18.0 Å². The van der Waals surface area contributed by atoms with Crippen molar-refractivity contribution < 1.29 is 27.6 Å². The molecule has 0 saturated carbocycles. The molecule has 0 spiro atoms. The van der Waals surface area contributed by atoms with Crippen molar-refractivity contribution in [2.75, 3.05) is 29.7 Å². The number of amides is 1. The van der Waals surface area contributed by atoms with Gasteiger partial charge in [0, 0.05) is 11.3 Å². The number of fused-ring (bicyclic) bond motifs is 2. The van der Waals surface area contributed by atoms with Crippen LogP contribution in [0.15, 0.2) is 48.5 Å². The van der Waals surface area contributed by atoms with Crippen molar-refractivity contribution in [1.82, 2.24) is 0 Å². The normalized spacial score (nSPS) is 27.6. The van der Waals surface area contributed by atoms with Gasteiger partial charge in [0.15, 0.2) is 27.9 Å². The summed E-state index contributed by atoms with van der Waals surface area (Å²) < 4.78 is 35.7. The maximum atomic E-state index is 13.0. The molecule has 1 N–H and O–H groups in total. The Labute approximate surface area is 163 Å². The molecule has 28 heavy (non-hydrogen) atoms. The first-order valence-corrected chi connectivity index (χ1v) is 11.1. The summed E-state index contributed by atoms with van der Waals surface area (Å²) in [5.74, 6) is 1.49. The first-order chi connectivity index (χ1) is 13.5. The minimum Gasteiger partial charge on any atom is -0.454 e. The van der Waals surface area contributed by atoms with Crippen LogP contribution in [0.2, 0.25) is 0 Å². The van der Waals surface area contributed by atoms with Gasteiger partial charge in [-0.05, 0) is 30.3 Å². The highest BCUT2D eigenvalue weighted by Crippen LogP contribution is 2.32. The van der Waals surface area contributed by atoms with Crippen LogP contribution < -0.4 is 19.3 Å². The van der Waals surface area contributed by atoms with Gasteiger partial charge in [0.05, 0.1) is 5.75 Å². The number of rotatable bonds is 3. The highest BCUT2D eigenvalue weighted by molar-refractivity contribution is 7.91. The van der Waals surface area contributed by atoms with Crippen molar-refractivity contribution in [2.24, 2.45) is 0 Å². The average molecular weight is 401 g/mol. The quantitative estimate of drug-likeness (QED) is 0.784. The highest BCUT2D eigenvalue weighted by atomic mass is 32.2. The van der Waals surface area contributed by atoms with Gasteiger partial charge in [-0.25, -0.2) is 8.42 Å². The largest absolute Gasteiger partial charge is 0.454 e. The van der Waals surface area contributed by atoms with Crippen molar-refractivity contribution in [3.8, 4) is 11.5 Å². The number of ether oxygens (including phenoxy) is 2. The van der Waals surface area contributed by atoms with Crippen molar-refractivity contribution >= 4 is 21.4 Å². The molecule has 0 radical (unpaired) electrons. The summed E-state index contributed by atoms with van der Waals surface area (Å²) >= 11 is 0. The molecule has 1 unspecified atom stereocenters. The maximum Gasteiger partial charge on any atom is 0.282 e. The molecule has 2 fully saturated rings. The molecule has 2 aromatic rings. The summed E-state index contributed by atoms with van der Waals surface area (Å²) in [6.45, 7) is 1.05. The third kappa shape index (κ3) is 3.02. The molecule has 146 valence electrons. The molecule has 0 bridgehead atoms. The van der Waals surface area contributed by atoms with Gasteiger partial charge in [-0.2, -0.15) is 0 Å². The number of para-hydroxylation sites is 1. The second kappa shape index (κ2) is 6.49. The van der Waals surface area contributed by atoms with E-state index in [0.717, 1.165) is 16.2 Å². The predicted octanol–water partition coefficient (Wildman–Crippen LogP) is 0.0126. The Hall–Kier alpha value is -2.58. The Bertz CT molecular complexity index is 1020. The standard InChI is InChI=1S/C20H20N2O5S/c23-20-10-21(9-14-6-7-18-19(8-14)27-13-26-18)16-11-28(24,25)12-17(16)22(20)15-4-2-1-3-5-15/h1-8,16-17H,9-13H2/p+1/t16-,17-/m1/s1. The second-order valence-electron chi connectivity index (χ2n) is 7.55. The van der Waals surface area contributed by atoms with Crippen LogP contribution in [0, 0.1) is 0 Å². The van der Waals surface area contributed by atoms with E-state index in [1.165, 1.54) is 0 Å². The lowest BCUT2D eigenvalue weighted by Crippen LogP contribution is -3.19. The maximum absolute atomic E-state index is 13.0. The van der Waals surface area contributed by atoms with Crippen LogP contribution in [0.25, 0.3) is 0 Å². The smallest absolute Gasteiger partial charge is 0.282 e. The summed E-state index contributed by atoms with van der Waals surface area (Å²) in [5, 5.41) is 0. The van der Waals surface area contributed by atoms with Crippen molar-refractivity contribution in [3.05, 3.63) is 54.1 Å². The lowest BCUT2D eigenvalue weighted by molar-refractivity contribution is -0.931. The van der Waals surface area contributed by atoms with Crippen molar-refractivity contribution in [3.63, 3.8) is 0 Å². The Morgan fingerprint density at radius 1 is 1.04 bits per heavy atom. The SMILES string of the molecule is O=C1C[NH+](Cc2ccc3c(c2)OCO3)[C@@H]2CS(=O)(=O)C[C@H]2N1c1ccccc1. The Morgan fingerprint density at radius 3 is 2.64 bits per heavy atom. The first-order valence-electron chi connectivity index (χ1n) is 9.31. The minimum absolute atomic E-state index is 0.0168. The molecule has 0 aromatic heterocycles. The zero-order chi connectivity index (χ0) is 19.3. The van der Waals surface area contributed by atoms with Gasteiger partial charge >= 0.3 is 0 Å². The topological polar surface area (TPSA) is 77.3 Å². The van der Waals surface area contributed by atoms with Crippen LogP contribution in [0.3, 0.4) is 0 Å². The fourth-order valence-electron chi connectivity index (χ4n) is 4.50. The number of nitrogens with zero attached hydrogens (tertiary/aromatic N) is 1. The number of hydrogen-bond donors (Lipinski definition) is 1. The average Bonchev–Trinajstić information content (AvgIpc) is 3.25. The van der Waals surface area contributed by atoms with Crippen LogP contribution in [-0.2, 0) is 21.2 Å². The van der Waals surface area contributed by atoms with Gasteiger partial charge in [0.25, 0.3) is 5.91 Å². The van der Waals surface area contributed by atoms with E-state index in [1.807, 2.05) is 48.5 Å². The molecule has 7 nitrogen and oxygen atoms in total. The lowest BCUT2D eigenvalue weighted by atomic mass is 10.0. The number of nitrogens with one attached hydrogen (secondary N) is 1. The molecule has 5 rings (SSSR count). The number of carbonyl (C=O) groups is 1. The van der Waals surface area contributed by atoms with E-state index in [-0.39, 0.29) is 42.8 Å². The number of sulfone groups is 1. The minimum atomic E-state index is -3.19. The summed E-state index contributed by atoms with van der Waals surface area (Å²) in [5.41, 5.74) is 1.77. The van der Waals surface area contributed by atoms with Gasteiger partial charge < -0.3 is 14.4 Å². The number of piperazine rings is 1. The molecule has 0 aliphatic carbocycles. The molecule has 3 aliphatic heterocycles. The molecule has 3 atom stereocenters. The van der Waals surface area contributed by atoms with E-state index in [1.54, 1.807) is 4.90 Å². The van der Waals surface area contributed by atoms with Crippen LogP contribution in [0.1, 0.15) is 5.56 Å². The fourth-order valence-corrected chi connectivity index (χ4v) is 6.54. The zero-order valence-corrected chi connectivity index (χ0v) is 16.0. The number of anilines is 1. The van der Waals surface area contributed by atoms with Crippen LogP contribution in [-0.4, -0.2) is 51.3 Å². The molecule has 1 amide bonds. The molecular formula is C20H21N2O5S+. The third-order valence-electron chi connectivity index (χ3n) is 5.73. The predicted molar refractivity (Wildman–Crippen MR) is 102 cm³/mol. The highest BCUT2D eigenvalue weighted by Gasteiger charge is 2.52. The second-order valence-corrected chi connectivity index (χ2v) is 9.70. The zero-order valence-electron chi connectivity index (χ0n) is 15.2. The van der Waals surface area contributed by atoms with Gasteiger partial charge in [-0.1, -0.05) is 18.2 Å². The van der Waals surface area contributed by atoms with Gasteiger partial charge in [0.2, 0.25) is 6.79 Å². The Kier molecular flexibility index (Phi) is 4.06. The van der Waals surface area contributed by atoms with Crippen LogP contribution in [0.4, 0.5) is 5.69 Å². The van der Waals surface area contributed by atoms with Crippen LogP contribution in [0.5, 0.6) is 11.5 Å². The molecule has 2 saturated heterocycles. The Morgan fingerprint density at radius 2 is 1.82 bits per heavy atom. The monoisotopic (exact) mass is 401 g/mol. The third-order valence-corrected chi connectivity index (χ3v) is 7.44. The summed E-state index contributed by atoms with van der Waals surface area (Å²) in [6, 6.07) is 14.6. The molecular weight excluding hydrogens is 380 g/mol. The van der Waals surface area contributed by atoms with E-state index in [2.05, 4.69) is 0 Å². The van der Waals surface area contributed by atoms with Gasteiger partial charge in [-0.3, -0.25) is 9.69 Å². The molecule has 8 heteroatoms. The fraction of sp³-hybridized carbons (Fsp3) is 0.350. The van der Waals surface area contributed by atoms with Crippen molar-refractivity contribution in [2.45, 2.75) is 18.6 Å². The van der Waals surface area contributed by atoms with E-state index < -0.39 is 9.84 Å². The number of hydrogen-bond acceptors (Lipinski definition) is 5. The molecule has 3 heterocycles. The number of benzene rings is 2. The number of quaternary nitrogens is 1. The Balaban J connectivity index is 1.45. The van der Waals surface area contributed by atoms with E-state index in [9.17, 15) is 13.2 Å². The van der Waals surface area contributed by atoms with Crippen LogP contribution >= 0.6 is 0 Å². The van der Waals surface area contributed by atoms with E-state index >= 15 is 0 Å². The molecule has 3 aliphatic rings. The number of carbonyl (C=O) groups excluding carboxylic acids is 1. The molecule has 2 aromatic carbocycles. The summed E-state index contributed by atoms with van der Waals surface area (Å²) in [7, 11) is -3.19. The summed E-state index contributed by atoms with van der Waals surface area (Å²) in [4.78, 5) is 15.7. The van der Waals surface area contributed by atoms with Crippen molar-refractivity contribution in [1.29, 1.82) is 0 Å². The van der Waals surface area contributed by atoms with Gasteiger partial charge in [0.1, 0.15) is 24.4 Å². The van der Waals surface area contributed by atoms with Gasteiger partial charge in [-0.15, -0.1) is 0 Å².